The Morgan fingerprint density at radius 1 is 1.21 bits per heavy atom. The van der Waals surface area contributed by atoms with Crippen LogP contribution in [0.3, 0.4) is 0 Å². The van der Waals surface area contributed by atoms with Gasteiger partial charge in [0.2, 0.25) is 6.19 Å². The predicted molar refractivity (Wildman–Crippen MR) is 124 cm³/mol. The van der Waals surface area contributed by atoms with E-state index in [2.05, 4.69) is 44.0 Å². The summed E-state index contributed by atoms with van der Waals surface area (Å²) in [4.78, 5) is 11.0. The van der Waals surface area contributed by atoms with Gasteiger partial charge in [0.25, 0.3) is 0 Å². The van der Waals surface area contributed by atoms with Gasteiger partial charge in [-0.15, -0.1) is 4.99 Å². The van der Waals surface area contributed by atoms with Crippen molar-refractivity contribution < 1.29 is 0 Å². The summed E-state index contributed by atoms with van der Waals surface area (Å²) in [6.45, 7) is 1.71. The Hall–Kier alpha value is -1.81. The number of rotatable bonds is 0. The Morgan fingerprint density at radius 2 is 1.97 bits per heavy atom. The molecule has 148 valence electrons. The molecule has 1 aliphatic heterocycles. The zero-order chi connectivity index (χ0) is 20.4. The highest BCUT2D eigenvalue weighted by atomic mass is 79.9. The van der Waals surface area contributed by atoms with Gasteiger partial charge in [-0.25, -0.2) is 0 Å². The fourth-order valence-electron chi connectivity index (χ4n) is 4.17. The van der Waals surface area contributed by atoms with Gasteiger partial charge in [0, 0.05) is 34.4 Å². The van der Waals surface area contributed by atoms with Crippen molar-refractivity contribution in [3.8, 4) is 6.19 Å². The molecule has 2 aromatic rings. The van der Waals surface area contributed by atoms with Gasteiger partial charge >= 0.3 is 0 Å². The number of likely N-dealkylation sites (tertiary alicyclic amines) is 1. The molecule has 1 aromatic heterocycles. The summed E-state index contributed by atoms with van der Waals surface area (Å²) >= 11 is 11.4. The molecule has 7 heteroatoms. The van der Waals surface area contributed by atoms with Crippen LogP contribution in [0.25, 0.3) is 5.57 Å². The number of halogens is 2. The van der Waals surface area contributed by atoms with E-state index in [9.17, 15) is 0 Å². The maximum absolute atomic E-state index is 8.94. The third-order valence-corrected chi connectivity index (χ3v) is 6.87. The molecule has 0 spiro atoms. The molecule has 0 saturated carbocycles. The molecule has 4 nitrogen and oxygen atoms in total. The van der Waals surface area contributed by atoms with Crippen LogP contribution in [0.4, 0.5) is 0 Å². The van der Waals surface area contributed by atoms with Crippen LogP contribution in [0, 0.1) is 11.5 Å². The van der Waals surface area contributed by atoms with E-state index in [1.807, 2.05) is 24.7 Å². The molecule has 0 bridgehead atoms. The quantitative estimate of drug-likeness (QED) is 0.272. The second-order valence-electron chi connectivity index (χ2n) is 7.13. The van der Waals surface area contributed by atoms with Crippen molar-refractivity contribution in [2.45, 2.75) is 25.7 Å². The molecule has 1 saturated heterocycles. The van der Waals surface area contributed by atoms with Crippen molar-refractivity contribution in [1.29, 1.82) is 5.26 Å². The SMILES string of the molecule is CSC(=NC#N)N1CCC(=C2c3ccc(Cl)cc3CCc3cc(Br)cnc32)CC1. The lowest BCUT2D eigenvalue weighted by Gasteiger charge is -2.31. The number of hydrogen-bond acceptors (Lipinski definition) is 4. The zero-order valence-electron chi connectivity index (χ0n) is 16.1. The van der Waals surface area contributed by atoms with Crippen LogP contribution >= 0.6 is 39.3 Å². The molecule has 1 fully saturated rings. The predicted octanol–water partition coefficient (Wildman–Crippen LogP) is 5.69. The molecule has 1 aliphatic carbocycles. The Balaban J connectivity index is 1.79. The minimum absolute atomic E-state index is 0.778. The van der Waals surface area contributed by atoms with Crippen molar-refractivity contribution >= 4 is 50.0 Å². The number of aryl methyl sites for hydroxylation is 2. The smallest absolute Gasteiger partial charge is 0.208 e. The van der Waals surface area contributed by atoms with E-state index in [4.69, 9.17) is 21.8 Å². The molecule has 0 amide bonds. The number of aromatic nitrogens is 1. The maximum Gasteiger partial charge on any atom is 0.208 e. The Kier molecular flexibility index (Phi) is 6.29. The zero-order valence-corrected chi connectivity index (χ0v) is 19.2. The summed E-state index contributed by atoms with van der Waals surface area (Å²) in [5, 5.41) is 10.5. The van der Waals surface area contributed by atoms with Crippen LogP contribution in [0.2, 0.25) is 5.02 Å². The van der Waals surface area contributed by atoms with Gasteiger partial charge in [-0.05, 0) is 82.8 Å². The molecule has 1 aromatic carbocycles. The normalized spacial score (nSPS) is 16.8. The number of piperidine rings is 1. The van der Waals surface area contributed by atoms with Gasteiger partial charge < -0.3 is 4.90 Å². The topological polar surface area (TPSA) is 52.3 Å². The summed E-state index contributed by atoms with van der Waals surface area (Å²) in [6, 6.07) is 8.41. The number of hydrogen-bond donors (Lipinski definition) is 0. The molecule has 2 aliphatic rings. The minimum atomic E-state index is 0.778. The third-order valence-electron chi connectivity index (χ3n) is 5.49. The number of thioether (sulfide) groups is 1. The van der Waals surface area contributed by atoms with E-state index < -0.39 is 0 Å². The van der Waals surface area contributed by atoms with Gasteiger partial charge in [-0.3, -0.25) is 4.98 Å². The van der Waals surface area contributed by atoms with E-state index in [1.54, 1.807) is 0 Å². The fraction of sp³-hybridized carbons (Fsp3) is 0.318. The van der Waals surface area contributed by atoms with Crippen LogP contribution in [-0.4, -0.2) is 34.4 Å². The first-order chi connectivity index (χ1) is 14.1. The minimum Gasteiger partial charge on any atom is -0.350 e. The summed E-state index contributed by atoms with van der Waals surface area (Å²) in [5.74, 6) is 0. The number of nitriles is 1. The average Bonchev–Trinajstić information content (AvgIpc) is 2.88. The summed E-state index contributed by atoms with van der Waals surface area (Å²) in [5.41, 5.74) is 7.58. The summed E-state index contributed by atoms with van der Waals surface area (Å²) < 4.78 is 1.01. The van der Waals surface area contributed by atoms with Crippen LogP contribution < -0.4 is 0 Å². The molecular weight excluding hydrogens is 468 g/mol. The fourth-order valence-corrected chi connectivity index (χ4v) is 5.32. The number of nitrogens with zero attached hydrogens (tertiary/aromatic N) is 4. The first-order valence-electron chi connectivity index (χ1n) is 9.52. The first-order valence-corrected chi connectivity index (χ1v) is 11.9. The molecule has 4 rings (SSSR count). The van der Waals surface area contributed by atoms with Gasteiger partial charge in [-0.1, -0.05) is 35.0 Å². The van der Waals surface area contributed by atoms with Crippen LogP contribution in [0.5, 0.6) is 0 Å². The van der Waals surface area contributed by atoms with E-state index in [1.165, 1.54) is 39.6 Å². The molecule has 0 atom stereocenters. The lowest BCUT2D eigenvalue weighted by Crippen LogP contribution is -2.35. The van der Waals surface area contributed by atoms with E-state index in [-0.39, 0.29) is 0 Å². The van der Waals surface area contributed by atoms with Gasteiger partial charge in [0.1, 0.15) is 0 Å². The molecule has 29 heavy (non-hydrogen) atoms. The average molecular weight is 488 g/mol. The highest BCUT2D eigenvalue weighted by Crippen LogP contribution is 2.39. The van der Waals surface area contributed by atoms with Crippen LogP contribution in [0.1, 0.15) is 35.2 Å². The van der Waals surface area contributed by atoms with Crippen LogP contribution in [-0.2, 0) is 12.8 Å². The number of fused-ring (bicyclic) bond motifs is 2. The van der Waals surface area contributed by atoms with Gasteiger partial charge in [0.05, 0.1) is 5.69 Å². The summed E-state index contributed by atoms with van der Waals surface area (Å²) in [6.07, 6.45) is 9.54. The largest absolute Gasteiger partial charge is 0.350 e. The Morgan fingerprint density at radius 3 is 2.69 bits per heavy atom. The standard InChI is InChI=1S/C22H20BrClN4S/c1-29-22(27-13-25)28-8-6-14(7-9-28)20-19-5-4-18(24)11-15(19)2-3-16-10-17(23)12-26-21(16)20/h4-5,10-12H,2-3,6-9H2,1H3. The Bertz CT molecular complexity index is 992. The van der Waals surface area contributed by atoms with Gasteiger partial charge in [0.15, 0.2) is 5.17 Å². The third kappa shape index (κ3) is 4.23. The monoisotopic (exact) mass is 486 g/mol. The van der Waals surface area contributed by atoms with Crippen molar-refractivity contribution in [1.82, 2.24) is 9.88 Å². The van der Waals surface area contributed by atoms with E-state index >= 15 is 0 Å². The lowest BCUT2D eigenvalue weighted by atomic mass is 9.88. The number of aliphatic imine (C=N–C) groups is 1. The molecule has 0 N–H and O–H groups in total. The highest BCUT2D eigenvalue weighted by Gasteiger charge is 2.26. The van der Waals surface area contributed by atoms with Crippen molar-refractivity contribution in [2.24, 2.45) is 4.99 Å². The number of amidine groups is 1. The second-order valence-corrected chi connectivity index (χ2v) is 9.25. The van der Waals surface area contributed by atoms with Crippen LogP contribution in [0.15, 0.2) is 45.5 Å². The molecule has 0 radical (unpaired) electrons. The molecule has 0 unspecified atom stereocenters. The van der Waals surface area contributed by atoms with Gasteiger partial charge in [-0.2, -0.15) is 5.26 Å². The Labute approximate surface area is 188 Å². The first kappa shape index (κ1) is 20.5. The summed E-state index contributed by atoms with van der Waals surface area (Å²) in [7, 11) is 0. The number of pyridine rings is 1. The van der Waals surface area contributed by atoms with E-state index in [0.29, 0.717) is 0 Å². The van der Waals surface area contributed by atoms with E-state index in [0.717, 1.165) is 59.1 Å². The second kappa shape index (κ2) is 8.91. The molecule has 2 heterocycles. The van der Waals surface area contributed by atoms with Crippen molar-refractivity contribution in [2.75, 3.05) is 19.3 Å². The van der Waals surface area contributed by atoms with Crippen molar-refractivity contribution in [3.05, 3.63) is 67.9 Å². The lowest BCUT2D eigenvalue weighted by molar-refractivity contribution is 0.396. The molecular formula is C22H20BrClN4S. The highest BCUT2D eigenvalue weighted by molar-refractivity contribution is 9.10. The number of benzene rings is 1. The maximum atomic E-state index is 8.94. The van der Waals surface area contributed by atoms with Crippen molar-refractivity contribution in [3.63, 3.8) is 0 Å².